The number of nitriles is 1. The highest BCUT2D eigenvalue weighted by molar-refractivity contribution is 7.16. The number of nitro groups is 1. The van der Waals surface area contributed by atoms with E-state index in [1.165, 1.54) is 27.1 Å². The van der Waals surface area contributed by atoms with Gasteiger partial charge in [0.25, 0.3) is 0 Å². The Morgan fingerprint density at radius 1 is 1.65 bits per heavy atom. The number of nitrogens with one attached hydrogen (secondary N) is 1. The van der Waals surface area contributed by atoms with E-state index in [0.29, 0.717) is 16.5 Å². The average Bonchev–Trinajstić information content (AvgIpc) is 3.24. The van der Waals surface area contributed by atoms with Crippen molar-refractivity contribution < 1.29 is 9.72 Å². The second kappa shape index (κ2) is 7.25. The Hall–Kier alpha value is -2.73. The van der Waals surface area contributed by atoms with Crippen LogP contribution in [0.25, 0.3) is 0 Å². The molecule has 136 valence electrons. The quantitative estimate of drug-likeness (QED) is 0.637. The predicted molar refractivity (Wildman–Crippen MR) is 97.1 cm³/mol. The number of carbonyl (C=O) groups excluding carboxylic acids is 1. The zero-order chi connectivity index (χ0) is 18.8. The number of thiophene rings is 1. The molecule has 0 aromatic carbocycles. The van der Waals surface area contributed by atoms with Gasteiger partial charge in [0, 0.05) is 4.88 Å². The fourth-order valence-corrected chi connectivity index (χ4v) is 4.49. The molecule has 2 heterocycles. The Kier molecular flexibility index (Phi) is 5.04. The SMILES string of the molecule is CC[C@@H]1CCc2c(sc(NC(=O)[C@H](C)n3cc([N+](=O)[O-])cn3)c2C#N)C1. The van der Waals surface area contributed by atoms with Gasteiger partial charge in [0.1, 0.15) is 29.5 Å². The number of amides is 1. The van der Waals surface area contributed by atoms with Crippen LogP contribution in [0.4, 0.5) is 10.7 Å². The topological polar surface area (TPSA) is 114 Å². The standard InChI is InChI=1S/C17H19N5O3S/c1-3-11-4-5-13-14(7-18)17(26-15(13)6-11)20-16(23)10(2)21-9-12(8-19-21)22(24)25/h8-11H,3-6H2,1-2H3,(H,20,23)/t10-,11+/m0/s1. The van der Waals surface area contributed by atoms with Crippen LogP contribution in [0, 0.1) is 27.4 Å². The Bertz CT molecular complexity index is 895. The van der Waals surface area contributed by atoms with Gasteiger partial charge in [0.2, 0.25) is 5.91 Å². The van der Waals surface area contributed by atoms with Crippen molar-refractivity contribution in [2.24, 2.45) is 5.92 Å². The Labute approximate surface area is 154 Å². The lowest BCUT2D eigenvalue weighted by atomic mass is 9.86. The van der Waals surface area contributed by atoms with Crippen LogP contribution >= 0.6 is 11.3 Å². The van der Waals surface area contributed by atoms with Gasteiger partial charge in [-0.15, -0.1) is 11.3 Å². The molecular weight excluding hydrogens is 354 g/mol. The molecule has 0 unspecified atom stereocenters. The van der Waals surface area contributed by atoms with Gasteiger partial charge in [0.05, 0.1) is 10.5 Å². The van der Waals surface area contributed by atoms with E-state index in [2.05, 4.69) is 23.4 Å². The first-order valence-electron chi connectivity index (χ1n) is 8.48. The molecule has 2 atom stereocenters. The van der Waals surface area contributed by atoms with E-state index in [9.17, 15) is 20.2 Å². The number of anilines is 1. The third kappa shape index (κ3) is 3.32. The Morgan fingerprint density at radius 2 is 2.42 bits per heavy atom. The van der Waals surface area contributed by atoms with Gasteiger partial charge in [0.15, 0.2) is 0 Å². The Morgan fingerprint density at radius 3 is 3.04 bits per heavy atom. The van der Waals surface area contributed by atoms with E-state index < -0.39 is 11.0 Å². The maximum absolute atomic E-state index is 12.5. The summed E-state index contributed by atoms with van der Waals surface area (Å²) in [6, 6.07) is 1.50. The van der Waals surface area contributed by atoms with Gasteiger partial charge in [-0.25, -0.2) is 0 Å². The van der Waals surface area contributed by atoms with E-state index in [4.69, 9.17) is 0 Å². The molecule has 0 aliphatic heterocycles. The summed E-state index contributed by atoms with van der Waals surface area (Å²) in [6.45, 7) is 3.78. The number of hydrogen-bond acceptors (Lipinski definition) is 6. The number of carbonyl (C=O) groups is 1. The first-order chi connectivity index (χ1) is 12.4. The number of fused-ring (bicyclic) bond motifs is 1. The highest BCUT2D eigenvalue weighted by Gasteiger charge is 2.27. The molecular formula is C17H19N5O3S. The van der Waals surface area contributed by atoms with Crippen molar-refractivity contribution in [3.63, 3.8) is 0 Å². The molecule has 2 aromatic heterocycles. The zero-order valence-electron chi connectivity index (χ0n) is 14.6. The summed E-state index contributed by atoms with van der Waals surface area (Å²) < 4.78 is 1.25. The first kappa shape index (κ1) is 18.1. The van der Waals surface area contributed by atoms with Crippen molar-refractivity contribution in [1.82, 2.24) is 9.78 Å². The average molecular weight is 373 g/mol. The molecule has 0 saturated heterocycles. The molecule has 0 bridgehead atoms. The van der Waals surface area contributed by atoms with Crippen LogP contribution in [0.1, 0.15) is 48.7 Å². The number of nitrogens with zero attached hydrogens (tertiary/aromatic N) is 4. The van der Waals surface area contributed by atoms with Gasteiger partial charge < -0.3 is 5.32 Å². The number of rotatable bonds is 5. The fraction of sp³-hybridized carbons (Fsp3) is 0.471. The monoisotopic (exact) mass is 373 g/mol. The lowest BCUT2D eigenvalue weighted by molar-refractivity contribution is -0.385. The highest BCUT2D eigenvalue weighted by atomic mass is 32.1. The van der Waals surface area contributed by atoms with Crippen LogP contribution in [0.5, 0.6) is 0 Å². The van der Waals surface area contributed by atoms with Crippen LogP contribution in [-0.4, -0.2) is 20.6 Å². The number of hydrogen-bond donors (Lipinski definition) is 1. The van der Waals surface area contributed by atoms with Crippen LogP contribution < -0.4 is 5.32 Å². The van der Waals surface area contributed by atoms with Crippen molar-refractivity contribution in [3.05, 3.63) is 38.5 Å². The minimum absolute atomic E-state index is 0.167. The summed E-state index contributed by atoms with van der Waals surface area (Å²) in [5.74, 6) is 0.268. The van der Waals surface area contributed by atoms with Gasteiger partial charge in [-0.1, -0.05) is 13.3 Å². The van der Waals surface area contributed by atoms with Crippen LogP contribution in [0.15, 0.2) is 12.4 Å². The molecule has 26 heavy (non-hydrogen) atoms. The lowest BCUT2D eigenvalue weighted by Crippen LogP contribution is -2.24. The van der Waals surface area contributed by atoms with Gasteiger partial charge >= 0.3 is 5.69 Å². The summed E-state index contributed by atoms with van der Waals surface area (Å²) in [4.78, 5) is 23.9. The van der Waals surface area contributed by atoms with E-state index in [-0.39, 0.29) is 11.6 Å². The molecule has 0 saturated carbocycles. The summed E-state index contributed by atoms with van der Waals surface area (Å²) in [5.41, 5.74) is 1.44. The molecule has 1 aliphatic rings. The zero-order valence-corrected chi connectivity index (χ0v) is 15.4. The van der Waals surface area contributed by atoms with Crippen molar-refractivity contribution in [2.45, 2.75) is 45.6 Å². The number of aromatic nitrogens is 2. The normalized spacial score (nSPS) is 17.2. The fourth-order valence-electron chi connectivity index (χ4n) is 3.18. The smallest absolute Gasteiger partial charge is 0.307 e. The second-order valence-corrected chi connectivity index (χ2v) is 7.54. The molecule has 0 radical (unpaired) electrons. The van der Waals surface area contributed by atoms with Crippen LogP contribution in [-0.2, 0) is 17.6 Å². The second-order valence-electron chi connectivity index (χ2n) is 6.44. The molecule has 1 aliphatic carbocycles. The van der Waals surface area contributed by atoms with Gasteiger partial charge in [-0.05, 0) is 37.7 Å². The van der Waals surface area contributed by atoms with E-state index >= 15 is 0 Å². The van der Waals surface area contributed by atoms with E-state index in [1.54, 1.807) is 6.92 Å². The third-order valence-corrected chi connectivity index (χ3v) is 6.04. The molecule has 1 N–H and O–H groups in total. The molecule has 3 rings (SSSR count). The van der Waals surface area contributed by atoms with Crippen molar-refractivity contribution in [3.8, 4) is 6.07 Å². The summed E-state index contributed by atoms with van der Waals surface area (Å²) >= 11 is 1.46. The summed E-state index contributed by atoms with van der Waals surface area (Å²) in [7, 11) is 0. The van der Waals surface area contributed by atoms with Crippen LogP contribution in [0.2, 0.25) is 0 Å². The van der Waals surface area contributed by atoms with Gasteiger partial charge in [-0.3, -0.25) is 19.6 Å². The lowest BCUT2D eigenvalue weighted by Gasteiger charge is -2.20. The maximum atomic E-state index is 12.5. The van der Waals surface area contributed by atoms with Crippen LogP contribution in [0.3, 0.4) is 0 Å². The molecule has 1 amide bonds. The molecule has 0 fully saturated rings. The first-order valence-corrected chi connectivity index (χ1v) is 9.30. The third-order valence-electron chi connectivity index (χ3n) is 4.87. The maximum Gasteiger partial charge on any atom is 0.307 e. The predicted octanol–water partition coefficient (Wildman–Crippen LogP) is 3.44. The van der Waals surface area contributed by atoms with Crippen molar-refractivity contribution >= 4 is 27.9 Å². The minimum atomic E-state index is -0.724. The molecule has 0 spiro atoms. The molecule has 9 heteroatoms. The molecule has 8 nitrogen and oxygen atoms in total. The van der Waals surface area contributed by atoms with Crippen molar-refractivity contribution in [2.75, 3.05) is 5.32 Å². The minimum Gasteiger partial charge on any atom is -0.315 e. The highest BCUT2D eigenvalue weighted by Crippen LogP contribution is 2.40. The summed E-state index contributed by atoms with van der Waals surface area (Å²) in [5, 5.41) is 27.6. The molecule has 2 aromatic rings. The van der Waals surface area contributed by atoms with Gasteiger partial charge in [-0.2, -0.15) is 10.4 Å². The summed E-state index contributed by atoms with van der Waals surface area (Å²) in [6.07, 6.45) is 6.32. The largest absolute Gasteiger partial charge is 0.315 e. The Balaban J connectivity index is 1.80. The van der Waals surface area contributed by atoms with E-state index in [0.717, 1.165) is 37.4 Å². The van der Waals surface area contributed by atoms with Crippen molar-refractivity contribution in [1.29, 1.82) is 5.26 Å². The van der Waals surface area contributed by atoms with E-state index in [1.807, 2.05) is 0 Å².